The molecule has 1 aromatic carbocycles. The predicted molar refractivity (Wildman–Crippen MR) is 68.9 cm³/mol. The van der Waals surface area contributed by atoms with Gasteiger partial charge in [0.05, 0.1) is 6.42 Å². The van der Waals surface area contributed by atoms with Crippen LogP contribution >= 0.6 is 0 Å². The summed E-state index contributed by atoms with van der Waals surface area (Å²) in [6, 6.07) is 5.66. The molecule has 0 aliphatic carbocycles. The molecule has 4 nitrogen and oxygen atoms in total. The number of benzene rings is 1. The summed E-state index contributed by atoms with van der Waals surface area (Å²) in [5.74, 6) is 0.101. The molecule has 0 bridgehead atoms. The van der Waals surface area contributed by atoms with Crippen LogP contribution in [0.25, 0.3) is 0 Å². The van der Waals surface area contributed by atoms with Crippen molar-refractivity contribution < 1.29 is 14.6 Å². The van der Waals surface area contributed by atoms with Crippen LogP contribution in [0.5, 0.6) is 5.75 Å². The number of carboxylic acid groups (broad SMARTS) is 1. The standard InChI is InChI=1S/C14H19NO3/c1-14(2)7-10(8-15)11-5-3-4-9(6-12(16)17)13(11)18-14/h3-5,10H,6-8,15H2,1-2H3,(H,16,17). The summed E-state index contributed by atoms with van der Waals surface area (Å²) in [4.78, 5) is 10.9. The number of aliphatic carboxylic acids is 1. The Morgan fingerprint density at radius 2 is 2.28 bits per heavy atom. The Kier molecular flexibility index (Phi) is 3.30. The van der Waals surface area contributed by atoms with Gasteiger partial charge < -0.3 is 15.6 Å². The predicted octanol–water partition coefficient (Wildman–Crippen LogP) is 1.92. The van der Waals surface area contributed by atoms with Crippen LogP contribution in [0.1, 0.15) is 37.3 Å². The molecule has 1 aliphatic heterocycles. The molecule has 98 valence electrons. The van der Waals surface area contributed by atoms with Crippen LogP contribution in [-0.4, -0.2) is 23.2 Å². The van der Waals surface area contributed by atoms with E-state index in [0.29, 0.717) is 12.3 Å². The first-order chi connectivity index (χ1) is 8.43. The number of hydrogen-bond acceptors (Lipinski definition) is 3. The van der Waals surface area contributed by atoms with E-state index in [9.17, 15) is 4.79 Å². The van der Waals surface area contributed by atoms with Crippen LogP contribution in [0.4, 0.5) is 0 Å². The highest BCUT2D eigenvalue weighted by molar-refractivity contribution is 5.72. The second-order valence-corrected chi connectivity index (χ2v) is 5.40. The lowest BCUT2D eigenvalue weighted by Crippen LogP contribution is -2.37. The molecule has 0 radical (unpaired) electrons. The van der Waals surface area contributed by atoms with Gasteiger partial charge in [0.1, 0.15) is 11.4 Å². The Bertz CT molecular complexity index is 468. The normalized spacial score (nSPS) is 20.9. The van der Waals surface area contributed by atoms with E-state index in [-0.39, 0.29) is 17.9 Å². The van der Waals surface area contributed by atoms with Crippen LogP contribution < -0.4 is 10.5 Å². The molecule has 0 amide bonds. The van der Waals surface area contributed by atoms with Crippen LogP contribution in [0.3, 0.4) is 0 Å². The van der Waals surface area contributed by atoms with Gasteiger partial charge in [-0.1, -0.05) is 18.2 Å². The van der Waals surface area contributed by atoms with E-state index in [0.717, 1.165) is 17.5 Å². The molecule has 1 heterocycles. The lowest BCUT2D eigenvalue weighted by molar-refractivity contribution is -0.136. The number of hydrogen-bond donors (Lipinski definition) is 2. The van der Waals surface area contributed by atoms with E-state index in [1.165, 1.54) is 0 Å². The molecule has 0 spiro atoms. The second kappa shape index (κ2) is 4.61. The van der Waals surface area contributed by atoms with Gasteiger partial charge >= 0.3 is 5.97 Å². The largest absolute Gasteiger partial charge is 0.487 e. The number of carboxylic acids is 1. The molecule has 3 N–H and O–H groups in total. The maximum Gasteiger partial charge on any atom is 0.307 e. The average Bonchev–Trinajstić information content (AvgIpc) is 2.27. The quantitative estimate of drug-likeness (QED) is 0.858. The van der Waals surface area contributed by atoms with E-state index in [4.69, 9.17) is 15.6 Å². The number of para-hydroxylation sites is 1. The first kappa shape index (κ1) is 12.9. The van der Waals surface area contributed by atoms with E-state index in [2.05, 4.69) is 0 Å². The zero-order valence-electron chi connectivity index (χ0n) is 10.8. The fourth-order valence-electron chi connectivity index (χ4n) is 2.58. The molecule has 0 aromatic heterocycles. The van der Waals surface area contributed by atoms with Gasteiger partial charge in [0.25, 0.3) is 0 Å². The second-order valence-electron chi connectivity index (χ2n) is 5.40. The third kappa shape index (κ3) is 2.48. The molecule has 0 saturated heterocycles. The summed E-state index contributed by atoms with van der Waals surface area (Å²) in [6.45, 7) is 4.57. The minimum atomic E-state index is -0.848. The van der Waals surface area contributed by atoms with Crippen molar-refractivity contribution in [2.75, 3.05) is 6.54 Å². The summed E-state index contributed by atoms with van der Waals surface area (Å²) in [7, 11) is 0. The zero-order valence-corrected chi connectivity index (χ0v) is 10.8. The highest BCUT2D eigenvalue weighted by atomic mass is 16.5. The van der Waals surface area contributed by atoms with Gasteiger partial charge in [-0.25, -0.2) is 0 Å². The molecular weight excluding hydrogens is 230 g/mol. The van der Waals surface area contributed by atoms with E-state index in [1.807, 2.05) is 32.0 Å². The maximum atomic E-state index is 10.9. The van der Waals surface area contributed by atoms with Crippen LogP contribution in [-0.2, 0) is 11.2 Å². The van der Waals surface area contributed by atoms with Gasteiger partial charge in [-0.05, 0) is 32.4 Å². The van der Waals surface area contributed by atoms with Crippen molar-refractivity contribution in [2.24, 2.45) is 5.73 Å². The Morgan fingerprint density at radius 3 is 2.89 bits per heavy atom. The molecule has 4 heteroatoms. The SMILES string of the molecule is CC1(C)CC(CN)c2cccc(CC(=O)O)c2O1. The number of nitrogens with two attached hydrogens (primary N) is 1. The molecule has 2 rings (SSSR count). The first-order valence-electron chi connectivity index (χ1n) is 6.15. The topological polar surface area (TPSA) is 72.6 Å². The van der Waals surface area contributed by atoms with Gasteiger partial charge in [-0.15, -0.1) is 0 Å². The number of ether oxygens (including phenoxy) is 1. The van der Waals surface area contributed by atoms with Gasteiger partial charge in [0, 0.05) is 11.5 Å². The van der Waals surface area contributed by atoms with Gasteiger partial charge in [-0.2, -0.15) is 0 Å². The van der Waals surface area contributed by atoms with Crippen LogP contribution in [0.2, 0.25) is 0 Å². The maximum absolute atomic E-state index is 10.9. The monoisotopic (exact) mass is 249 g/mol. The Morgan fingerprint density at radius 1 is 1.56 bits per heavy atom. The Labute approximate surface area is 107 Å². The zero-order chi connectivity index (χ0) is 13.3. The van der Waals surface area contributed by atoms with Crippen molar-refractivity contribution in [3.05, 3.63) is 29.3 Å². The average molecular weight is 249 g/mol. The summed E-state index contributed by atoms with van der Waals surface area (Å²) < 4.78 is 5.96. The van der Waals surface area contributed by atoms with E-state index < -0.39 is 5.97 Å². The summed E-state index contributed by atoms with van der Waals surface area (Å²) in [6.07, 6.45) is 0.837. The number of rotatable bonds is 3. The van der Waals surface area contributed by atoms with Crippen molar-refractivity contribution in [2.45, 2.75) is 38.2 Å². The number of carbonyl (C=O) groups is 1. The summed E-state index contributed by atoms with van der Waals surface area (Å²) >= 11 is 0. The molecule has 1 aliphatic rings. The molecule has 1 atom stereocenters. The van der Waals surface area contributed by atoms with Crippen molar-refractivity contribution in [1.29, 1.82) is 0 Å². The fraction of sp³-hybridized carbons (Fsp3) is 0.500. The third-order valence-corrected chi connectivity index (χ3v) is 3.31. The minimum Gasteiger partial charge on any atom is -0.487 e. The highest BCUT2D eigenvalue weighted by Crippen LogP contribution is 2.42. The first-order valence-corrected chi connectivity index (χ1v) is 6.15. The summed E-state index contributed by atoms with van der Waals surface area (Å²) in [5.41, 5.74) is 7.28. The van der Waals surface area contributed by atoms with Gasteiger partial charge in [-0.3, -0.25) is 4.79 Å². The molecule has 1 unspecified atom stereocenters. The van der Waals surface area contributed by atoms with Crippen LogP contribution in [0, 0.1) is 0 Å². The summed E-state index contributed by atoms with van der Waals surface area (Å²) in [5, 5.41) is 8.94. The smallest absolute Gasteiger partial charge is 0.307 e. The van der Waals surface area contributed by atoms with Crippen LogP contribution in [0.15, 0.2) is 18.2 Å². The van der Waals surface area contributed by atoms with E-state index >= 15 is 0 Å². The molecule has 0 fully saturated rings. The lowest BCUT2D eigenvalue weighted by Gasteiger charge is -2.38. The van der Waals surface area contributed by atoms with Crippen molar-refractivity contribution in [1.82, 2.24) is 0 Å². The Hall–Kier alpha value is -1.55. The minimum absolute atomic E-state index is 0.0173. The Balaban J connectivity index is 2.46. The van der Waals surface area contributed by atoms with Crippen molar-refractivity contribution in [3.8, 4) is 5.75 Å². The van der Waals surface area contributed by atoms with Crippen molar-refractivity contribution in [3.63, 3.8) is 0 Å². The van der Waals surface area contributed by atoms with Gasteiger partial charge in [0.2, 0.25) is 0 Å². The molecule has 0 saturated carbocycles. The molecule has 18 heavy (non-hydrogen) atoms. The van der Waals surface area contributed by atoms with Gasteiger partial charge in [0.15, 0.2) is 0 Å². The molecular formula is C14H19NO3. The highest BCUT2D eigenvalue weighted by Gasteiger charge is 2.34. The fourth-order valence-corrected chi connectivity index (χ4v) is 2.58. The van der Waals surface area contributed by atoms with E-state index in [1.54, 1.807) is 0 Å². The molecule has 1 aromatic rings. The number of fused-ring (bicyclic) bond motifs is 1. The third-order valence-electron chi connectivity index (χ3n) is 3.31. The van der Waals surface area contributed by atoms with Crippen molar-refractivity contribution >= 4 is 5.97 Å². The lowest BCUT2D eigenvalue weighted by atomic mass is 9.83.